The Bertz CT molecular complexity index is 665. The fourth-order valence-corrected chi connectivity index (χ4v) is 2.26. The van der Waals surface area contributed by atoms with E-state index in [0.717, 1.165) is 28.4 Å². The van der Waals surface area contributed by atoms with Gasteiger partial charge < -0.3 is 10.1 Å². The second kappa shape index (κ2) is 6.30. The van der Waals surface area contributed by atoms with Crippen LogP contribution in [0.5, 0.6) is 5.75 Å². The Morgan fingerprint density at radius 3 is 2.45 bits per heavy atom. The molecule has 0 unspecified atom stereocenters. The van der Waals surface area contributed by atoms with Gasteiger partial charge in [-0.1, -0.05) is 18.2 Å². The van der Waals surface area contributed by atoms with Crippen LogP contribution in [0.25, 0.3) is 0 Å². The summed E-state index contributed by atoms with van der Waals surface area (Å²) in [5.74, 6) is -0.141. The zero-order chi connectivity index (χ0) is 16.3. The van der Waals surface area contributed by atoms with E-state index in [-0.39, 0.29) is 12.4 Å². The number of hydrogen-bond donors (Lipinski definition) is 1. The zero-order valence-electron chi connectivity index (χ0n) is 12.7. The Hall–Kier alpha value is -2.17. The summed E-state index contributed by atoms with van der Waals surface area (Å²) in [4.78, 5) is 0. The highest BCUT2D eigenvalue weighted by Crippen LogP contribution is 2.37. The van der Waals surface area contributed by atoms with Crippen LogP contribution in [0.3, 0.4) is 0 Å². The molecule has 0 bridgehead atoms. The van der Waals surface area contributed by atoms with Crippen molar-refractivity contribution in [1.82, 2.24) is 0 Å². The smallest absolute Gasteiger partial charge is 0.419 e. The van der Waals surface area contributed by atoms with Gasteiger partial charge in [-0.2, -0.15) is 13.2 Å². The molecule has 2 rings (SSSR count). The van der Waals surface area contributed by atoms with E-state index in [1.165, 1.54) is 12.1 Å². The van der Waals surface area contributed by atoms with Gasteiger partial charge in [0, 0.05) is 18.3 Å². The van der Waals surface area contributed by atoms with E-state index in [2.05, 4.69) is 5.32 Å². The molecule has 22 heavy (non-hydrogen) atoms. The van der Waals surface area contributed by atoms with E-state index in [9.17, 15) is 13.2 Å². The molecular formula is C17H18F3NO. The predicted octanol–water partition coefficient (Wildman–Crippen LogP) is 4.94. The van der Waals surface area contributed by atoms with Gasteiger partial charge in [0.2, 0.25) is 0 Å². The number of aryl methyl sites for hydroxylation is 2. The summed E-state index contributed by atoms with van der Waals surface area (Å²) in [7, 11) is 1.77. The summed E-state index contributed by atoms with van der Waals surface area (Å²) < 4.78 is 44.6. The third kappa shape index (κ3) is 3.53. The Balaban J connectivity index is 2.31. The van der Waals surface area contributed by atoms with Crippen molar-refractivity contribution in [3.63, 3.8) is 0 Å². The highest BCUT2D eigenvalue weighted by Gasteiger charge is 2.34. The average Bonchev–Trinajstić information content (AvgIpc) is 2.44. The molecule has 2 aromatic carbocycles. The molecule has 0 saturated carbocycles. The molecule has 0 saturated heterocycles. The summed E-state index contributed by atoms with van der Waals surface area (Å²) in [6.45, 7) is 3.72. The number of anilines is 1. The van der Waals surface area contributed by atoms with Crippen LogP contribution >= 0.6 is 0 Å². The van der Waals surface area contributed by atoms with E-state index in [0.29, 0.717) is 0 Å². The molecule has 0 spiro atoms. The second-order valence-electron chi connectivity index (χ2n) is 5.14. The van der Waals surface area contributed by atoms with Gasteiger partial charge in [0.1, 0.15) is 12.4 Å². The topological polar surface area (TPSA) is 21.3 Å². The number of alkyl halides is 3. The zero-order valence-corrected chi connectivity index (χ0v) is 12.7. The normalized spacial score (nSPS) is 11.4. The maximum atomic E-state index is 13.0. The van der Waals surface area contributed by atoms with Crippen LogP contribution in [0.15, 0.2) is 36.4 Å². The molecule has 2 nitrogen and oxygen atoms in total. The Morgan fingerprint density at radius 1 is 1.09 bits per heavy atom. The summed E-state index contributed by atoms with van der Waals surface area (Å²) in [5, 5.41) is 3.03. The average molecular weight is 309 g/mol. The minimum atomic E-state index is -4.43. The molecule has 0 aliphatic heterocycles. The molecule has 0 atom stereocenters. The molecule has 0 heterocycles. The van der Waals surface area contributed by atoms with Crippen LogP contribution in [-0.2, 0) is 12.8 Å². The summed E-state index contributed by atoms with van der Waals surface area (Å²) in [5.41, 5.74) is 2.63. The first-order chi connectivity index (χ1) is 10.3. The van der Waals surface area contributed by atoms with Crippen LogP contribution in [0.4, 0.5) is 18.9 Å². The molecule has 0 aliphatic carbocycles. The van der Waals surface area contributed by atoms with Gasteiger partial charge in [-0.05, 0) is 43.2 Å². The molecule has 2 aromatic rings. The first-order valence-electron chi connectivity index (χ1n) is 6.90. The van der Waals surface area contributed by atoms with Gasteiger partial charge in [0.05, 0.1) is 5.56 Å². The SMILES string of the molecule is CNc1cccc(C)c1COc1cc(C)ccc1C(F)(F)F. The van der Waals surface area contributed by atoms with Crippen molar-refractivity contribution in [3.05, 3.63) is 58.7 Å². The van der Waals surface area contributed by atoms with Gasteiger partial charge in [0.25, 0.3) is 0 Å². The van der Waals surface area contributed by atoms with E-state index in [4.69, 9.17) is 4.74 Å². The van der Waals surface area contributed by atoms with Crippen LogP contribution in [0, 0.1) is 13.8 Å². The van der Waals surface area contributed by atoms with Gasteiger partial charge in [-0.15, -0.1) is 0 Å². The molecule has 1 N–H and O–H groups in total. The third-order valence-electron chi connectivity index (χ3n) is 3.49. The molecule has 0 amide bonds. The summed E-state index contributed by atoms with van der Waals surface area (Å²) in [6, 6.07) is 9.57. The molecule has 0 aliphatic rings. The van der Waals surface area contributed by atoms with Crippen LogP contribution in [0.2, 0.25) is 0 Å². The highest BCUT2D eigenvalue weighted by atomic mass is 19.4. The summed E-state index contributed by atoms with van der Waals surface area (Å²) >= 11 is 0. The van der Waals surface area contributed by atoms with Crippen molar-refractivity contribution in [2.75, 3.05) is 12.4 Å². The number of hydrogen-bond acceptors (Lipinski definition) is 2. The monoisotopic (exact) mass is 309 g/mol. The number of ether oxygens (including phenoxy) is 1. The van der Waals surface area contributed by atoms with Crippen LogP contribution in [-0.4, -0.2) is 7.05 Å². The molecule has 5 heteroatoms. The number of benzene rings is 2. The van der Waals surface area contributed by atoms with Crippen molar-refractivity contribution in [3.8, 4) is 5.75 Å². The van der Waals surface area contributed by atoms with Crippen molar-refractivity contribution < 1.29 is 17.9 Å². The van der Waals surface area contributed by atoms with Crippen LogP contribution < -0.4 is 10.1 Å². The Kier molecular flexibility index (Phi) is 4.64. The van der Waals surface area contributed by atoms with Gasteiger partial charge >= 0.3 is 6.18 Å². The van der Waals surface area contributed by atoms with E-state index < -0.39 is 11.7 Å². The fraction of sp³-hybridized carbons (Fsp3) is 0.294. The van der Waals surface area contributed by atoms with E-state index in [1.54, 1.807) is 14.0 Å². The summed E-state index contributed by atoms with van der Waals surface area (Å²) in [6.07, 6.45) is -4.43. The lowest BCUT2D eigenvalue weighted by atomic mass is 10.1. The van der Waals surface area contributed by atoms with Crippen molar-refractivity contribution in [2.24, 2.45) is 0 Å². The third-order valence-corrected chi connectivity index (χ3v) is 3.49. The lowest BCUT2D eigenvalue weighted by Crippen LogP contribution is -2.10. The molecule has 118 valence electrons. The fourth-order valence-electron chi connectivity index (χ4n) is 2.26. The predicted molar refractivity (Wildman–Crippen MR) is 81.2 cm³/mol. The van der Waals surface area contributed by atoms with E-state index in [1.807, 2.05) is 25.1 Å². The molecule has 0 aromatic heterocycles. The number of rotatable bonds is 4. The highest BCUT2D eigenvalue weighted by molar-refractivity contribution is 5.54. The van der Waals surface area contributed by atoms with Crippen molar-refractivity contribution >= 4 is 5.69 Å². The lowest BCUT2D eigenvalue weighted by molar-refractivity contribution is -0.139. The first kappa shape index (κ1) is 16.2. The second-order valence-corrected chi connectivity index (χ2v) is 5.14. The number of halogens is 3. The van der Waals surface area contributed by atoms with E-state index >= 15 is 0 Å². The molecule has 0 fully saturated rings. The van der Waals surface area contributed by atoms with Crippen LogP contribution in [0.1, 0.15) is 22.3 Å². The first-order valence-corrected chi connectivity index (χ1v) is 6.90. The maximum absolute atomic E-state index is 13.0. The lowest BCUT2D eigenvalue weighted by Gasteiger charge is -2.17. The van der Waals surface area contributed by atoms with Gasteiger partial charge in [-0.3, -0.25) is 0 Å². The maximum Gasteiger partial charge on any atom is 0.419 e. The largest absolute Gasteiger partial charge is 0.488 e. The quantitative estimate of drug-likeness (QED) is 0.863. The molecular weight excluding hydrogens is 291 g/mol. The van der Waals surface area contributed by atoms with Crippen molar-refractivity contribution in [1.29, 1.82) is 0 Å². The molecule has 0 radical (unpaired) electrons. The van der Waals surface area contributed by atoms with Gasteiger partial charge in [-0.25, -0.2) is 0 Å². The van der Waals surface area contributed by atoms with Gasteiger partial charge in [0.15, 0.2) is 0 Å². The Labute approximate surface area is 127 Å². The van der Waals surface area contributed by atoms with Crippen molar-refractivity contribution in [2.45, 2.75) is 26.6 Å². The minimum absolute atomic E-state index is 0.0788. The number of nitrogens with one attached hydrogen (secondary N) is 1. The minimum Gasteiger partial charge on any atom is -0.488 e. The Morgan fingerprint density at radius 2 is 1.82 bits per heavy atom. The standard InChI is InChI=1S/C17H18F3NO/c1-11-7-8-14(17(18,19)20)16(9-11)22-10-13-12(2)5-4-6-15(13)21-3/h4-9,21H,10H2,1-3H3.